The summed E-state index contributed by atoms with van der Waals surface area (Å²) in [6, 6.07) is 0. The van der Waals surface area contributed by atoms with Crippen LogP contribution >= 0.6 is 17.2 Å². The van der Waals surface area contributed by atoms with Gasteiger partial charge in [-0.25, -0.2) is 0 Å². The van der Waals surface area contributed by atoms with E-state index < -0.39 is 56.3 Å². The molecule has 0 spiro atoms. The molecule has 0 N–H and O–H groups in total. The van der Waals surface area contributed by atoms with Gasteiger partial charge in [0.05, 0.1) is 0 Å². The van der Waals surface area contributed by atoms with Crippen molar-refractivity contribution in [3.8, 4) is 0 Å². The van der Waals surface area contributed by atoms with Gasteiger partial charge in [-0.1, -0.05) is 0 Å². The Balaban J connectivity index is 3.60. The van der Waals surface area contributed by atoms with Gasteiger partial charge in [0.25, 0.3) is 0 Å². The van der Waals surface area contributed by atoms with Crippen LogP contribution in [0.3, 0.4) is 0 Å². The zero-order chi connectivity index (χ0) is 7.98. The number of halogens is 2. The Morgan fingerprint density at radius 3 is 1.50 bits per heavy atom. The SMILES string of the molecule is O=C([O][InH][Cl])C(=O)[O][InH][Cl]. The summed E-state index contributed by atoms with van der Waals surface area (Å²) in [5, 5.41) is 0. The second kappa shape index (κ2) is 6.94. The minimum atomic E-state index is -1.92. The Morgan fingerprint density at radius 1 is 1.00 bits per heavy atom. The van der Waals surface area contributed by atoms with Gasteiger partial charge in [-0.2, -0.15) is 0 Å². The standard InChI is InChI=1S/C2H2O4.2ClH.2In.2H/c3-1(4)2(5)6;;;;;;/h(H,3,4)(H,5,6);2*1H;;;;/q;;;2*+2;;/p-4. The molecule has 0 aliphatic heterocycles. The molecule has 8 heteroatoms. The Morgan fingerprint density at radius 2 is 1.30 bits per heavy atom. The molecule has 0 aliphatic rings. The predicted molar refractivity (Wildman–Crippen MR) is 38.2 cm³/mol. The van der Waals surface area contributed by atoms with Crippen LogP contribution in [0, 0.1) is 0 Å². The molecule has 0 saturated carbocycles. The van der Waals surface area contributed by atoms with Crippen LogP contribution < -0.4 is 0 Å². The normalized spacial score (nSPS) is 7.80. The monoisotopic (exact) mass is 390 g/mol. The topological polar surface area (TPSA) is 52.6 Å². The maximum absolute atomic E-state index is 10.4. The Kier molecular flexibility index (Phi) is 7.81. The molecule has 0 heterocycles. The van der Waals surface area contributed by atoms with Crippen LogP contribution in [0.15, 0.2) is 0 Å². The van der Waals surface area contributed by atoms with Crippen LogP contribution in [0.25, 0.3) is 0 Å². The van der Waals surface area contributed by atoms with Crippen LogP contribution in [-0.4, -0.2) is 56.3 Å². The molecule has 0 aliphatic carbocycles. The van der Waals surface area contributed by atoms with Crippen LogP contribution in [0.4, 0.5) is 0 Å². The molecule has 0 radical (unpaired) electrons. The van der Waals surface area contributed by atoms with E-state index in [4.69, 9.17) is 17.2 Å². The third kappa shape index (κ3) is 4.98. The third-order valence-electron chi connectivity index (χ3n) is 0.538. The zero-order valence-electron chi connectivity index (χ0n) is 4.80. The summed E-state index contributed by atoms with van der Waals surface area (Å²) in [6.45, 7) is 0. The molecular weight excluding hydrogens is 389 g/mol. The Bertz CT molecular complexity index is 123. The molecule has 0 unspecified atom stereocenters. The third-order valence-corrected chi connectivity index (χ3v) is 4.12. The molecule has 0 rings (SSSR count). The molecule has 0 fully saturated rings. The Hall–Kier alpha value is 1.26. The molecule has 0 amide bonds. The van der Waals surface area contributed by atoms with Crippen molar-refractivity contribution in [1.82, 2.24) is 0 Å². The number of rotatable bonds is 2. The van der Waals surface area contributed by atoms with Crippen LogP contribution in [-0.2, 0) is 15.3 Å². The molecule has 0 aromatic rings. The van der Waals surface area contributed by atoms with Gasteiger partial charge in [-0.15, -0.1) is 0 Å². The average Bonchev–Trinajstić information content (AvgIpc) is 1.89. The van der Waals surface area contributed by atoms with Crippen molar-refractivity contribution >= 4 is 73.4 Å². The summed E-state index contributed by atoms with van der Waals surface area (Å²) in [5.74, 6) is -1.99. The quantitative estimate of drug-likeness (QED) is 0.573. The van der Waals surface area contributed by atoms with E-state index in [-0.39, 0.29) is 0 Å². The molecule has 0 aromatic heterocycles. The minimum absolute atomic E-state index is 0.997. The van der Waals surface area contributed by atoms with Crippen molar-refractivity contribution in [2.45, 2.75) is 0 Å². The van der Waals surface area contributed by atoms with E-state index in [1.54, 1.807) is 0 Å². The van der Waals surface area contributed by atoms with Crippen LogP contribution in [0.5, 0.6) is 0 Å². The molecule has 0 bridgehead atoms. The van der Waals surface area contributed by atoms with Crippen molar-refractivity contribution in [2.75, 3.05) is 0 Å². The summed E-state index contributed by atoms with van der Waals surface area (Å²) >= 11 is -3.84. The molecule has 0 aromatic carbocycles. The summed E-state index contributed by atoms with van der Waals surface area (Å²) in [5.41, 5.74) is 0. The molecule has 0 atom stereocenters. The van der Waals surface area contributed by atoms with Crippen molar-refractivity contribution in [3.05, 3.63) is 0 Å². The van der Waals surface area contributed by atoms with E-state index in [2.05, 4.69) is 5.71 Å². The van der Waals surface area contributed by atoms with E-state index in [1.807, 2.05) is 0 Å². The second-order valence-electron chi connectivity index (χ2n) is 1.08. The fraction of sp³-hybridized carbons (Fsp3) is 0. The van der Waals surface area contributed by atoms with Gasteiger partial charge in [-0.3, -0.25) is 0 Å². The van der Waals surface area contributed by atoms with Gasteiger partial charge < -0.3 is 0 Å². The molecule has 10 heavy (non-hydrogen) atoms. The van der Waals surface area contributed by atoms with Crippen molar-refractivity contribution in [2.24, 2.45) is 0 Å². The van der Waals surface area contributed by atoms with E-state index >= 15 is 0 Å². The molecular formula is C2H2Cl2In2O4. The van der Waals surface area contributed by atoms with Crippen LogP contribution in [0.1, 0.15) is 0 Å². The van der Waals surface area contributed by atoms with Gasteiger partial charge in [-0.05, 0) is 0 Å². The first-order valence-electron chi connectivity index (χ1n) is 2.18. The van der Waals surface area contributed by atoms with Gasteiger partial charge >= 0.3 is 88.7 Å². The first-order chi connectivity index (χ1) is 4.72. The van der Waals surface area contributed by atoms with Gasteiger partial charge in [0, 0.05) is 0 Å². The first kappa shape index (κ1) is 11.3. The van der Waals surface area contributed by atoms with Gasteiger partial charge in [0.15, 0.2) is 0 Å². The van der Waals surface area contributed by atoms with E-state index in [1.165, 1.54) is 0 Å². The summed E-state index contributed by atoms with van der Waals surface area (Å²) in [4.78, 5) is 20.8. The van der Waals surface area contributed by atoms with Crippen molar-refractivity contribution in [3.63, 3.8) is 0 Å². The van der Waals surface area contributed by atoms with E-state index in [9.17, 15) is 9.59 Å². The van der Waals surface area contributed by atoms with Crippen molar-refractivity contribution in [1.29, 1.82) is 0 Å². The zero-order valence-corrected chi connectivity index (χ0v) is 14.4. The number of hydrogen-bond acceptors (Lipinski definition) is 4. The fourth-order valence-electron chi connectivity index (χ4n) is 0.217. The molecule has 0 saturated heterocycles. The van der Waals surface area contributed by atoms with Crippen LogP contribution in [0.2, 0.25) is 0 Å². The van der Waals surface area contributed by atoms with E-state index in [0.717, 1.165) is 0 Å². The van der Waals surface area contributed by atoms with Gasteiger partial charge in [0.2, 0.25) is 0 Å². The molecule has 54 valence electrons. The van der Waals surface area contributed by atoms with Crippen molar-refractivity contribution < 1.29 is 15.3 Å². The maximum atomic E-state index is 10.4. The number of carbonyl (C=O) groups excluding carboxylic acids is 2. The second-order valence-corrected chi connectivity index (χ2v) is 6.90. The number of carbonyl (C=O) groups is 2. The summed E-state index contributed by atoms with van der Waals surface area (Å²) in [7, 11) is 10.4. The first-order valence-corrected chi connectivity index (χ1v) is 15.7. The fourth-order valence-corrected chi connectivity index (χ4v) is 2.78. The predicted octanol–water partition coefficient (Wildman–Crippen LogP) is -0.917. The molecule has 4 nitrogen and oxygen atoms in total. The Labute approximate surface area is 87.6 Å². The number of hydrogen-bond donors (Lipinski definition) is 0. The van der Waals surface area contributed by atoms with Gasteiger partial charge in [0.1, 0.15) is 0 Å². The summed E-state index contributed by atoms with van der Waals surface area (Å²) in [6.07, 6.45) is 0. The van der Waals surface area contributed by atoms with E-state index in [0.29, 0.717) is 0 Å². The summed E-state index contributed by atoms with van der Waals surface area (Å²) < 4.78 is 8.59. The average molecular weight is 391 g/mol.